The number of amides is 1. The van der Waals surface area contributed by atoms with Crippen molar-refractivity contribution >= 4 is 5.91 Å². The van der Waals surface area contributed by atoms with Gasteiger partial charge in [0.25, 0.3) is 5.91 Å². The van der Waals surface area contributed by atoms with E-state index in [1.54, 1.807) is 0 Å². The first kappa shape index (κ1) is 13.1. The molecule has 17 heavy (non-hydrogen) atoms. The number of terminal acetylenes is 1. The lowest BCUT2D eigenvalue weighted by molar-refractivity contribution is -0.122. The van der Waals surface area contributed by atoms with Crippen molar-refractivity contribution in [2.45, 2.75) is 19.8 Å². The van der Waals surface area contributed by atoms with Gasteiger partial charge in [0.05, 0.1) is 6.54 Å². The van der Waals surface area contributed by atoms with Crippen LogP contribution < -0.4 is 10.1 Å². The Hall–Kier alpha value is -1.95. The minimum atomic E-state index is -0.212. The number of ether oxygens (including phenoxy) is 1. The molecule has 0 saturated heterocycles. The number of hydrogen-bond acceptors (Lipinski definition) is 2. The van der Waals surface area contributed by atoms with Gasteiger partial charge >= 0.3 is 0 Å². The molecule has 0 aliphatic carbocycles. The van der Waals surface area contributed by atoms with E-state index in [1.165, 1.54) is 5.56 Å². The Kier molecular flexibility index (Phi) is 5.09. The second-order valence-electron chi connectivity index (χ2n) is 3.99. The van der Waals surface area contributed by atoms with Crippen LogP contribution in [-0.2, 0) is 4.79 Å². The maximum absolute atomic E-state index is 11.2. The minimum Gasteiger partial charge on any atom is -0.484 e. The van der Waals surface area contributed by atoms with E-state index in [0.717, 1.165) is 0 Å². The molecule has 0 aliphatic rings. The lowest BCUT2D eigenvalue weighted by Crippen LogP contribution is -2.28. The summed E-state index contributed by atoms with van der Waals surface area (Å²) in [4.78, 5) is 11.2. The van der Waals surface area contributed by atoms with Gasteiger partial charge in [0.2, 0.25) is 0 Å². The molecule has 0 saturated carbocycles. The fourth-order valence-electron chi connectivity index (χ4n) is 1.30. The average Bonchev–Trinajstić information content (AvgIpc) is 2.34. The Bertz CT molecular complexity index is 401. The van der Waals surface area contributed by atoms with E-state index in [-0.39, 0.29) is 19.1 Å². The largest absolute Gasteiger partial charge is 0.484 e. The molecule has 3 heteroatoms. The van der Waals surface area contributed by atoms with Gasteiger partial charge in [-0.25, -0.2) is 0 Å². The molecule has 1 aromatic rings. The van der Waals surface area contributed by atoms with Gasteiger partial charge in [-0.2, -0.15) is 0 Å². The van der Waals surface area contributed by atoms with Crippen molar-refractivity contribution in [3.8, 4) is 18.1 Å². The molecule has 0 unspecified atom stereocenters. The topological polar surface area (TPSA) is 38.3 Å². The van der Waals surface area contributed by atoms with Gasteiger partial charge in [-0.15, -0.1) is 6.42 Å². The summed E-state index contributed by atoms with van der Waals surface area (Å²) in [5, 5.41) is 2.53. The smallest absolute Gasteiger partial charge is 0.258 e. The molecule has 0 heterocycles. The van der Waals surface area contributed by atoms with Crippen LogP contribution in [0.4, 0.5) is 0 Å². The Morgan fingerprint density at radius 1 is 1.41 bits per heavy atom. The molecule has 1 N–H and O–H groups in total. The number of carbonyl (C=O) groups is 1. The van der Waals surface area contributed by atoms with Crippen molar-refractivity contribution < 1.29 is 9.53 Å². The van der Waals surface area contributed by atoms with Crippen molar-refractivity contribution in [1.82, 2.24) is 5.32 Å². The molecule has 0 aliphatic heterocycles. The Morgan fingerprint density at radius 2 is 2.06 bits per heavy atom. The first-order valence-corrected chi connectivity index (χ1v) is 5.56. The molecule has 3 nitrogen and oxygen atoms in total. The predicted octanol–water partition coefficient (Wildman–Crippen LogP) is 1.94. The molecule has 90 valence electrons. The first-order chi connectivity index (χ1) is 8.13. The quantitative estimate of drug-likeness (QED) is 0.786. The SMILES string of the molecule is C#CCNC(=O)COc1ccc(C(C)C)cc1. The summed E-state index contributed by atoms with van der Waals surface area (Å²) >= 11 is 0. The summed E-state index contributed by atoms with van der Waals surface area (Å²) in [6, 6.07) is 7.73. The molecule has 1 aromatic carbocycles. The van der Waals surface area contributed by atoms with Crippen LogP contribution in [0.5, 0.6) is 5.75 Å². The number of rotatable bonds is 5. The van der Waals surface area contributed by atoms with Crippen LogP contribution in [0.1, 0.15) is 25.3 Å². The molecule has 0 fully saturated rings. The van der Waals surface area contributed by atoms with Crippen molar-refractivity contribution in [3.63, 3.8) is 0 Å². The standard InChI is InChI=1S/C14H17NO2/c1-4-9-15-14(16)10-17-13-7-5-12(6-8-13)11(2)3/h1,5-8,11H,9-10H2,2-3H3,(H,15,16). The van der Waals surface area contributed by atoms with Crippen LogP contribution in [-0.4, -0.2) is 19.1 Å². The Morgan fingerprint density at radius 3 is 2.59 bits per heavy atom. The summed E-state index contributed by atoms with van der Waals surface area (Å²) < 4.78 is 5.32. The lowest BCUT2D eigenvalue weighted by atomic mass is 10.0. The predicted molar refractivity (Wildman–Crippen MR) is 67.9 cm³/mol. The number of carbonyl (C=O) groups excluding carboxylic acids is 1. The Balaban J connectivity index is 2.42. The highest BCUT2D eigenvalue weighted by atomic mass is 16.5. The highest BCUT2D eigenvalue weighted by Crippen LogP contribution is 2.18. The van der Waals surface area contributed by atoms with Crippen LogP contribution >= 0.6 is 0 Å². The average molecular weight is 231 g/mol. The minimum absolute atomic E-state index is 0.0112. The monoisotopic (exact) mass is 231 g/mol. The van der Waals surface area contributed by atoms with Crippen molar-refractivity contribution in [2.24, 2.45) is 0 Å². The number of nitrogens with one attached hydrogen (secondary N) is 1. The fraction of sp³-hybridized carbons (Fsp3) is 0.357. The molecule has 0 radical (unpaired) electrons. The van der Waals surface area contributed by atoms with E-state index in [4.69, 9.17) is 11.2 Å². The zero-order chi connectivity index (χ0) is 12.7. The van der Waals surface area contributed by atoms with Gasteiger partial charge < -0.3 is 10.1 Å². The molecule has 1 rings (SSSR count). The second-order valence-corrected chi connectivity index (χ2v) is 3.99. The van der Waals surface area contributed by atoms with Gasteiger partial charge in [-0.05, 0) is 23.6 Å². The van der Waals surface area contributed by atoms with E-state index in [2.05, 4.69) is 25.1 Å². The molecule has 0 aromatic heterocycles. The highest BCUT2D eigenvalue weighted by Gasteiger charge is 2.02. The molecule has 0 spiro atoms. The van der Waals surface area contributed by atoms with E-state index in [1.807, 2.05) is 24.3 Å². The van der Waals surface area contributed by atoms with Crippen LogP contribution in [0.3, 0.4) is 0 Å². The van der Waals surface area contributed by atoms with E-state index < -0.39 is 0 Å². The van der Waals surface area contributed by atoms with Crippen LogP contribution in [0.15, 0.2) is 24.3 Å². The zero-order valence-corrected chi connectivity index (χ0v) is 10.2. The zero-order valence-electron chi connectivity index (χ0n) is 10.2. The fourth-order valence-corrected chi connectivity index (χ4v) is 1.30. The summed E-state index contributed by atoms with van der Waals surface area (Å²) in [6.07, 6.45) is 5.02. The first-order valence-electron chi connectivity index (χ1n) is 5.56. The Labute approximate surface area is 102 Å². The van der Waals surface area contributed by atoms with Crippen LogP contribution in [0.2, 0.25) is 0 Å². The second kappa shape index (κ2) is 6.59. The van der Waals surface area contributed by atoms with Gasteiger partial charge in [-0.1, -0.05) is 31.9 Å². The normalized spacial score (nSPS) is 9.76. The van der Waals surface area contributed by atoms with Crippen molar-refractivity contribution in [1.29, 1.82) is 0 Å². The summed E-state index contributed by atoms with van der Waals surface area (Å²) in [5.41, 5.74) is 1.24. The van der Waals surface area contributed by atoms with E-state index in [9.17, 15) is 4.79 Å². The summed E-state index contributed by atoms with van der Waals surface area (Å²) in [6.45, 7) is 4.48. The maximum atomic E-state index is 11.2. The molecule has 0 bridgehead atoms. The summed E-state index contributed by atoms with van der Waals surface area (Å²) in [7, 11) is 0. The number of benzene rings is 1. The molecular weight excluding hydrogens is 214 g/mol. The van der Waals surface area contributed by atoms with E-state index in [0.29, 0.717) is 11.7 Å². The molecule has 1 amide bonds. The van der Waals surface area contributed by atoms with Crippen molar-refractivity contribution in [3.05, 3.63) is 29.8 Å². The molecule has 0 atom stereocenters. The van der Waals surface area contributed by atoms with Gasteiger partial charge in [0.1, 0.15) is 5.75 Å². The van der Waals surface area contributed by atoms with Gasteiger partial charge in [0, 0.05) is 0 Å². The third-order valence-corrected chi connectivity index (χ3v) is 2.30. The van der Waals surface area contributed by atoms with Gasteiger partial charge in [-0.3, -0.25) is 4.79 Å². The van der Waals surface area contributed by atoms with Crippen LogP contribution in [0, 0.1) is 12.3 Å². The van der Waals surface area contributed by atoms with Gasteiger partial charge in [0.15, 0.2) is 6.61 Å². The van der Waals surface area contributed by atoms with Crippen LogP contribution in [0.25, 0.3) is 0 Å². The molecular formula is C14H17NO2. The van der Waals surface area contributed by atoms with Crippen molar-refractivity contribution in [2.75, 3.05) is 13.2 Å². The highest BCUT2D eigenvalue weighted by molar-refractivity contribution is 5.77. The number of hydrogen-bond donors (Lipinski definition) is 1. The maximum Gasteiger partial charge on any atom is 0.258 e. The van der Waals surface area contributed by atoms with E-state index >= 15 is 0 Å². The lowest BCUT2D eigenvalue weighted by Gasteiger charge is -2.08. The third kappa shape index (κ3) is 4.60. The summed E-state index contributed by atoms with van der Waals surface area (Å²) in [5.74, 6) is 3.29. The third-order valence-electron chi connectivity index (χ3n) is 2.30.